The smallest absolute Gasteiger partial charge is 0.0634 e. The molecule has 5 heterocycles. The molecule has 5 saturated heterocycles. The minimum atomic E-state index is 0. The molecular formula is C56H72CuN8. The van der Waals surface area contributed by atoms with Gasteiger partial charge in [0.2, 0.25) is 0 Å². The molecule has 8 nitrogen and oxygen atoms in total. The van der Waals surface area contributed by atoms with Gasteiger partial charge in [-0.2, -0.15) is 0 Å². The summed E-state index contributed by atoms with van der Waals surface area (Å²) < 4.78 is 0. The second-order valence-electron chi connectivity index (χ2n) is 21.9. The zero-order valence-electron chi connectivity index (χ0n) is 37.9. The van der Waals surface area contributed by atoms with E-state index >= 15 is 0 Å². The van der Waals surface area contributed by atoms with Crippen molar-refractivity contribution in [3.63, 3.8) is 0 Å². The summed E-state index contributed by atoms with van der Waals surface area (Å²) in [6.45, 7) is 0. The fraction of sp³-hybridized carbons (Fsp3) is 0.571. The Bertz CT molecular complexity index is 2030. The van der Waals surface area contributed by atoms with Crippen LogP contribution >= 0.6 is 0 Å². The van der Waals surface area contributed by atoms with Gasteiger partial charge in [-0.05, 0) is 120 Å². The van der Waals surface area contributed by atoms with Crippen LogP contribution in [0.1, 0.15) is 123 Å². The number of hydrogen-bond donors (Lipinski definition) is 8. The molecular weight excluding hydrogens is 848 g/mol. The Morgan fingerprint density at radius 3 is 0.692 bits per heavy atom. The van der Waals surface area contributed by atoms with E-state index in [1.165, 1.54) is 99.3 Å². The molecule has 20 atom stereocenters. The van der Waals surface area contributed by atoms with E-state index < -0.39 is 0 Å². The molecule has 9 aliphatic rings. The van der Waals surface area contributed by atoms with E-state index in [1.807, 2.05) is 0 Å². The molecule has 0 amide bonds. The predicted octanol–water partition coefficient (Wildman–Crippen LogP) is 8.18. The Labute approximate surface area is 398 Å². The number of benzene rings is 4. The van der Waals surface area contributed by atoms with Crippen molar-refractivity contribution >= 4 is 0 Å². The van der Waals surface area contributed by atoms with E-state index in [-0.39, 0.29) is 65.4 Å². The van der Waals surface area contributed by atoms with Crippen molar-refractivity contribution in [3.8, 4) is 0 Å². The van der Waals surface area contributed by atoms with Crippen LogP contribution in [0.3, 0.4) is 0 Å². The van der Waals surface area contributed by atoms with Crippen molar-refractivity contribution in [1.82, 2.24) is 42.5 Å². The molecule has 1 radical (unpaired) electrons. The van der Waals surface area contributed by atoms with E-state index in [4.69, 9.17) is 0 Å². The first-order chi connectivity index (χ1) is 31.7. The number of rotatable bonds is 4. The van der Waals surface area contributed by atoms with Gasteiger partial charge in [-0.1, -0.05) is 160 Å². The first-order valence-electron chi connectivity index (χ1n) is 26.0. The van der Waals surface area contributed by atoms with E-state index in [0.29, 0.717) is 72.0 Å². The van der Waals surface area contributed by atoms with Crippen LogP contribution in [0.25, 0.3) is 0 Å². The SMILES string of the molecule is [Cu].c1ccc(C2C(c3ccccc3)C(c3ccccc3)C3C4NC5NC(NC6NC(NC7NC(NC(N4)C3C2c2ccccc2)C2CCCCC72)C2CCCCC62)C2CCCCC52)cc1. The van der Waals surface area contributed by atoms with Crippen molar-refractivity contribution in [2.45, 2.75) is 150 Å². The minimum absolute atomic E-state index is 0. The minimum Gasteiger partial charge on any atom is -0.286 e. The summed E-state index contributed by atoms with van der Waals surface area (Å²) >= 11 is 0. The molecule has 65 heavy (non-hydrogen) atoms. The zero-order chi connectivity index (χ0) is 42.1. The van der Waals surface area contributed by atoms with Crippen molar-refractivity contribution in [3.05, 3.63) is 144 Å². The first kappa shape index (κ1) is 43.4. The van der Waals surface area contributed by atoms with Gasteiger partial charge in [-0.3, -0.25) is 42.5 Å². The topological polar surface area (TPSA) is 96.2 Å². The third kappa shape index (κ3) is 7.73. The van der Waals surface area contributed by atoms with Crippen LogP contribution in [-0.2, 0) is 17.1 Å². The molecule has 4 saturated carbocycles. The van der Waals surface area contributed by atoms with Crippen molar-refractivity contribution in [2.24, 2.45) is 47.3 Å². The van der Waals surface area contributed by atoms with Gasteiger partial charge in [0.15, 0.2) is 0 Å². The van der Waals surface area contributed by atoms with Crippen LogP contribution in [0.5, 0.6) is 0 Å². The molecule has 9 fully saturated rings. The Hall–Kier alpha value is -2.92. The molecule has 8 bridgehead atoms. The number of hydrogen-bond acceptors (Lipinski definition) is 8. The van der Waals surface area contributed by atoms with E-state index in [2.05, 4.69) is 164 Å². The maximum atomic E-state index is 4.56. The maximum absolute atomic E-state index is 4.56. The predicted molar refractivity (Wildman–Crippen MR) is 255 cm³/mol. The molecule has 5 aliphatic heterocycles. The van der Waals surface area contributed by atoms with Crippen LogP contribution in [0.15, 0.2) is 121 Å². The van der Waals surface area contributed by atoms with Crippen molar-refractivity contribution in [1.29, 1.82) is 0 Å². The number of nitrogens with one attached hydrogen (secondary N) is 8. The molecule has 0 aromatic heterocycles. The Balaban J connectivity index is 0.00000444. The third-order valence-corrected chi connectivity index (χ3v) is 19.0. The zero-order valence-corrected chi connectivity index (χ0v) is 38.8. The van der Waals surface area contributed by atoms with Gasteiger partial charge in [0, 0.05) is 28.9 Å². The van der Waals surface area contributed by atoms with Gasteiger partial charge in [-0.15, -0.1) is 0 Å². The third-order valence-electron chi connectivity index (χ3n) is 19.0. The molecule has 347 valence electrons. The quantitative estimate of drug-likeness (QED) is 0.0974. The first-order valence-corrected chi connectivity index (χ1v) is 26.0. The standard InChI is InChI=1S/C56H72N8.Cu/c1-5-19-33(20-6-1)43-44(34-21-7-2-8-22-34)46(36-25-11-4-12-26-36)48-47(45(43)35-23-9-3-10-24-35)55-62-53-41-31-17-15-29-39(41)51(60-53)58-49-37-27-13-14-28-38(37)50(57-49)59-52-40-30-16-18-32-42(40)54(61-52)63-56(48)64-55;/h1-12,19-26,37-64H,13-18,27-32H2;. The fourth-order valence-electron chi connectivity index (χ4n) is 16.6. The Morgan fingerprint density at radius 2 is 0.446 bits per heavy atom. The van der Waals surface area contributed by atoms with Crippen LogP contribution < -0.4 is 42.5 Å². The van der Waals surface area contributed by atoms with Gasteiger partial charge < -0.3 is 0 Å². The van der Waals surface area contributed by atoms with E-state index in [1.54, 1.807) is 0 Å². The Kier molecular flexibility index (Phi) is 12.4. The van der Waals surface area contributed by atoms with Crippen LogP contribution in [-0.4, -0.2) is 49.3 Å². The second kappa shape index (κ2) is 18.5. The van der Waals surface area contributed by atoms with Crippen LogP contribution in [0, 0.1) is 47.3 Å². The molecule has 8 N–H and O–H groups in total. The van der Waals surface area contributed by atoms with Gasteiger partial charge in [0.25, 0.3) is 0 Å². The molecule has 9 heteroatoms. The average Bonchev–Trinajstić information content (AvgIpc) is 4.10. The summed E-state index contributed by atoms with van der Waals surface area (Å²) in [7, 11) is 0. The fourth-order valence-corrected chi connectivity index (χ4v) is 16.6. The van der Waals surface area contributed by atoms with Crippen LogP contribution in [0.2, 0.25) is 0 Å². The van der Waals surface area contributed by atoms with E-state index in [9.17, 15) is 0 Å². The summed E-state index contributed by atoms with van der Waals surface area (Å²) in [5, 5.41) is 35.4. The summed E-state index contributed by atoms with van der Waals surface area (Å²) in [6, 6.07) is 46.8. The normalized spacial score (nSPS) is 44.2. The van der Waals surface area contributed by atoms with Gasteiger partial charge in [0.05, 0.1) is 49.3 Å². The molecule has 4 aromatic carbocycles. The van der Waals surface area contributed by atoms with Crippen molar-refractivity contribution in [2.75, 3.05) is 0 Å². The summed E-state index contributed by atoms with van der Waals surface area (Å²) in [4.78, 5) is 0. The average molecular weight is 921 g/mol. The van der Waals surface area contributed by atoms with Gasteiger partial charge in [0.1, 0.15) is 0 Å². The van der Waals surface area contributed by atoms with Crippen LogP contribution in [0.4, 0.5) is 0 Å². The van der Waals surface area contributed by atoms with E-state index in [0.717, 1.165) is 0 Å². The van der Waals surface area contributed by atoms with Crippen molar-refractivity contribution < 1.29 is 17.1 Å². The monoisotopic (exact) mass is 920 g/mol. The summed E-state index contributed by atoms with van der Waals surface area (Å²) in [5.41, 5.74) is 5.84. The summed E-state index contributed by atoms with van der Waals surface area (Å²) in [6.07, 6.45) is 17.8. The number of fused-ring (bicyclic) bond motifs is 20. The molecule has 20 unspecified atom stereocenters. The summed E-state index contributed by atoms with van der Waals surface area (Å²) in [5.74, 6) is 5.45. The second-order valence-corrected chi connectivity index (χ2v) is 21.9. The molecule has 13 rings (SSSR count). The van der Waals surface area contributed by atoms with Gasteiger partial charge >= 0.3 is 0 Å². The molecule has 4 aromatic rings. The maximum Gasteiger partial charge on any atom is 0.0634 e. The molecule has 4 aliphatic carbocycles. The Morgan fingerprint density at radius 1 is 0.246 bits per heavy atom. The largest absolute Gasteiger partial charge is 0.286 e. The van der Waals surface area contributed by atoms with Gasteiger partial charge in [-0.25, -0.2) is 0 Å². The molecule has 0 spiro atoms.